The fourth-order valence-corrected chi connectivity index (χ4v) is 3.29. The molecule has 8 heteroatoms. The number of amides is 1. The van der Waals surface area contributed by atoms with E-state index in [1.54, 1.807) is 25.4 Å². The Morgan fingerprint density at radius 1 is 1.40 bits per heavy atom. The molecule has 1 unspecified atom stereocenters. The fraction of sp³-hybridized carbons (Fsp3) is 0.364. The van der Waals surface area contributed by atoms with E-state index in [1.165, 1.54) is 10.9 Å². The molecule has 156 valence electrons. The van der Waals surface area contributed by atoms with Crippen LogP contribution in [0.15, 0.2) is 42.3 Å². The summed E-state index contributed by atoms with van der Waals surface area (Å²) in [4.78, 5) is 16.5. The van der Waals surface area contributed by atoms with Crippen LogP contribution in [0, 0.1) is 17.2 Å². The monoisotopic (exact) mass is 407 g/mol. The molecule has 2 N–H and O–H groups in total. The SMILES string of the molecule is COCCCCNC(=O)c1ccc(-n2ncc(C3=C(C)CC(C#N)C=C3)c2O)nc1. The van der Waals surface area contributed by atoms with Crippen molar-refractivity contribution >= 4 is 11.5 Å². The summed E-state index contributed by atoms with van der Waals surface area (Å²) in [5.74, 6) is 0.0267. The van der Waals surface area contributed by atoms with Crippen molar-refractivity contribution in [3.8, 4) is 17.8 Å². The number of pyridine rings is 1. The van der Waals surface area contributed by atoms with Crippen LogP contribution >= 0.6 is 0 Å². The number of nitrogens with one attached hydrogen (secondary N) is 1. The summed E-state index contributed by atoms with van der Waals surface area (Å²) in [6, 6.07) is 5.52. The first-order valence-corrected chi connectivity index (χ1v) is 9.83. The molecule has 1 aliphatic rings. The maximum atomic E-state index is 12.2. The Morgan fingerprint density at radius 3 is 2.90 bits per heavy atom. The third-order valence-electron chi connectivity index (χ3n) is 4.97. The van der Waals surface area contributed by atoms with E-state index in [0.29, 0.717) is 36.5 Å². The summed E-state index contributed by atoms with van der Waals surface area (Å²) in [6.45, 7) is 3.19. The number of nitrogens with zero attached hydrogens (tertiary/aromatic N) is 4. The van der Waals surface area contributed by atoms with Gasteiger partial charge in [0.15, 0.2) is 5.82 Å². The number of ether oxygens (including phenoxy) is 1. The molecule has 0 aliphatic heterocycles. The Kier molecular flexibility index (Phi) is 6.99. The van der Waals surface area contributed by atoms with Gasteiger partial charge in [0.25, 0.3) is 5.91 Å². The summed E-state index contributed by atoms with van der Waals surface area (Å²) in [5, 5.41) is 26.9. The number of rotatable bonds is 8. The lowest BCUT2D eigenvalue weighted by molar-refractivity contribution is 0.0951. The van der Waals surface area contributed by atoms with Crippen molar-refractivity contribution in [3.05, 3.63) is 53.4 Å². The zero-order valence-electron chi connectivity index (χ0n) is 17.1. The third kappa shape index (κ3) is 4.75. The lowest BCUT2D eigenvalue weighted by Crippen LogP contribution is -2.24. The number of carbonyl (C=O) groups is 1. The summed E-state index contributed by atoms with van der Waals surface area (Å²) < 4.78 is 6.31. The first kappa shape index (κ1) is 21.3. The van der Waals surface area contributed by atoms with Crippen molar-refractivity contribution < 1.29 is 14.6 Å². The van der Waals surface area contributed by atoms with Crippen molar-refractivity contribution in [1.29, 1.82) is 5.26 Å². The molecule has 0 aromatic carbocycles. The van der Waals surface area contributed by atoms with Gasteiger partial charge in [-0.2, -0.15) is 15.0 Å². The Labute approximate surface area is 175 Å². The number of hydrogen-bond acceptors (Lipinski definition) is 6. The van der Waals surface area contributed by atoms with Gasteiger partial charge in [-0.1, -0.05) is 17.7 Å². The summed E-state index contributed by atoms with van der Waals surface area (Å²) >= 11 is 0. The zero-order valence-corrected chi connectivity index (χ0v) is 17.1. The van der Waals surface area contributed by atoms with Crippen LogP contribution in [-0.2, 0) is 4.74 Å². The Morgan fingerprint density at radius 2 is 2.23 bits per heavy atom. The molecule has 2 heterocycles. The van der Waals surface area contributed by atoms with Gasteiger partial charge in [-0.25, -0.2) is 4.98 Å². The summed E-state index contributed by atoms with van der Waals surface area (Å²) in [7, 11) is 1.65. The van der Waals surface area contributed by atoms with Crippen LogP contribution < -0.4 is 5.32 Å². The highest BCUT2D eigenvalue weighted by atomic mass is 16.5. The van der Waals surface area contributed by atoms with Gasteiger partial charge in [0.1, 0.15) is 0 Å². The Hall–Kier alpha value is -3.44. The molecule has 0 spiro atoms. The molecule has 8 nitrogen and oxygen atoms in total. The van der Waals surface area contributed by atoms with E-state index in [4.69, 9.17) is 10.00 Å². The molecule has 30 heavy (non-hydrogen) atoms. The highest BCUT2D eigenvalue weighted by Crippen LogP contribution is 2.34. The van der Waals surface area contributed by atoms with Gasteiger partial charge in [-0.3, -0.25) is 4.79 Å². The number of unbranched alkanes of at least 4 members (excludes halogenated alkanes) is 1. The quantitative estimate of drug-likeness (QED) is 0.651. The van der Waals surface area contributed by atoms with Crippen molar-refractivity contribution in [2.45, 2.75) is 26.2 Å². The molecule has 0 fully saturated rings. The lowest BCUT2D eigenvalue weighted by Gasteiger charge is -2.15. The summed E-state index contributed by atoms with van der Waals surface area (Å²) in [6.07, 6.45) is 9.07. The number of carbonyl (C=O) groups excluding carboxylic acids is 1. The normalized spacial score (nSPS) is 15.8. The van der Waals surface area contributed by atoms with Crippen LogP contribution in [-0.4, -0.2) is 46.0 Å². The number of aromatic nitrogens is 3. The summed E-state index contributed by atoms with van der Waals surface area (Å²) in [5.41, 5.74) is 2.90. The molecule has 1 aliphatic carbocycles. The molecule has 0 saturated carbocycles. The highest BCUT2D eigenvalue weighted by Gasteiger charge is 2.20. The van der Waals surface area contributed by atoms with E-state index >= 15 is 0 Å². The number of hydrogen-bond donors (Lipinski definition) is 2. The number of nitriles is 1. The standard InChI is InChI=1S/C22H25N5O3/c1-15-11-16(12-23)5-7-18(15)19-14-26-27(22(19)29)20-8-6-17(13-25-20)21(28)24-9-3-4-10-30-2/h5-8,13-14,16,29H,3-4,9-11H2,1-2H3,(H,24,28). The minimum absolute atomic E-state index is 0.0350. The van der Waals surface area contributed by atoms with Crippen LogP contribution in [0.25, 0.3) is 11.4 Å². The van der Waals surface area contributed by atoms with Crippen molar-refractivity contribution in [3.63, 3.8) is 0 Å². The number of aromatic hydroxyl groups is 1. The molecular weight excluding hydrogens is 382 g/mol. The van der Waals surface area contributed by atoms with E-state index in [1.807, 2.05) is 19.1 Å². The lowest BCUT2D eigenvalue weighted by atomic mass is 9.89. The topological polar surface area (TPSA) is 113 Å². The van der Waals surface area contributed by atoms with E-state index in [9.17, 15) is 9.90 Å². The van der Waals surface area contributed by atoms with Crippen LogP contribution in [0.5, 0.6) is 5.88 Å². The minimum atomic E-state index is -0.197. The van der Waals surface area contributed by atoms with Gasteiger partial charge in [0, 0.05) is 26.5 Å². The second kappa shape index (κ2) is 9.85. The van der Waals surface area contributed by atoms with Crippen LogP contribution in [0.4, 0.5) is 0 Å². The number of methoxy groups -OCH3 is 1. The Balaban J connectivity index is 1.70. The predicted octanol–water partition coefficient (Wildman–Crippen LogP) is 3.00. The zero-order chi connectivity index (χ0) is 21.5. The van der Waals surface area contributed by atoms with Gasteiger partial charge in [-0.05, 0) is 43.9 Å². The average molecular weight is 407 g/mol. The minimum Gasteiger partial charge on any atom is -0.493 e. The molecular formula is C22H25N5O3. The molecule has 3 rings (SSSR count). The van der Waals surface area contributed by atoms with Crippen molar-refractivity contribution in [2.24, 2.45) is 5.92 Å². The fourth-order valence-electron chi connectivity index (χ4n) is 3.29. The highest BCUT2D eigenvalue weighted by molar-refractivity contribution is 5.93. The van der Waals surface area contributed by atoms with Gasteiger partial charge in [0.05, 0.1) is 29.3 Å². The largest absolute Gasteiger partial charge is 0.493 e. The van der Waals surface area contributed by atoms with Gasteiger partial charge >= 0.3 is 0 Å². The Bertz CT molecular complexity index is 999. The molecule has 2 aromatic rings. The van der Waals surface area contributed by atoms with Crippen molar-refractivity contribution in [1.82, 2.24) is 20.1 Å². The molecule has 0 radical (unpaired) electrons. The van der Waals surface area contributed by atoms with Crippen molar-refractivity contribution in [2.75, 3.05) is 20.3 Å². The predicted molar refractivity (Wildman–Crippen MR) is 112 cm³/mol. The van der Waals surface area contributed by atoms with E-state index < -0.39 is 0 Å². The second-order valence-electron chi connectivity index (χ2n) is 7.15. The van der Waals surface area contributed by atoms with E-state index in [2.05, 4.69) is 21.5 Å². The van der Waals surface area contributed by atoms with Crippen LogP contribution in [0.3, 0.4) is 0 Å². The van der Waals surface area contributed by atoms with Crippen LogP contribution in [0.1, 0.15) is 42.1 Å². The molecule has 2 aromatic heterocycles. The maximum absolute atomic E-state index is 12.2. The first-order valence-electron chi connectivity index (χ1n) is 9.83. The second-order valence-corrected chi connectivity index (χ2v) is 7.15. The molecule has 1 amide bonds. The maximum Gasteiger partial charge on any atom is 0.252 e. The average Bonchev–Trinajstić information content (AvgIpc) is 3.14. The molecule has 0 saturated heterocycles. The van der Waals surface area contributed by atoms with Gasteiger partial charge in [-0.15, -0.1) is 0 Å². The van der Waals surface area contributed by atoms with E-state index in [-0.39, 0.29) is 17.7 Å². The number of allylic oxidation sites excluding steroid dienone is 4. The third-order valence-corrected chi connectivity index (χ3v) is 4.97. The first-order chi connectivity index (χ1) is 14.5. The molecule has 0 bridgehead atoms. The van der Waals surface area contributed by atoms with Gasteiger partial charge < -0.3 is 15.2 Å². The van der Waals surface area contributed by atoms with Crippen LogP contribution in [0.2, 0.25) is 0 Å². The van der Waals surface area contributed by atoms with Gasteiger partial charge in [0.2, 0.25) is 5.88 Å². The van der Waals surface area contributed by atoms with E-state index in [0.717, 1.165) is 24.0 Å². The smallest absolute Gasteiger partial charge is 0.252 e. The molecule has 1 atom stereocenters.